The monoisotopic (exact) mass is 677 g/mol. The minimum Gasteiger partial charge on any atom is -0.469 e. The Morgan fingerprint density at radius 2 is 1.68 bits per heavy atom. The molecule has 0 aliphatic carbocycles. The van der Waals surface area contributed by atoms with Crippen molar-refractivity contribution in [2.45, 2.75) is 57.2 Å². The van der Waals surface area contributed by atoms with Crippen LogP contribution >= 0.6 is 11.6 Å². The predicted molar refractivity (Wildman–Crippen MR) is 169 cm³/mol. The fourth-order valence-corrected chi connectivity index (χ4v) is 7.06. The van der Waals surface area contributed by atoms with Crippen LogP contribution in [0.25, 0.3) is 0 Å². The number of halogens is 4. The normalized spacial score (nSPS) is 18.7. The van der Waals surface area contributed by atoms with Crippen LogP contribution < -0.4 is 11.1 Å². The predicted octanol–water partition coefficient (Wildman–Crippen LogP) is 4.98. The Morgan fingerprint density at radius 1 is 1.02 bits per heavy atom. The van der Waals surface area contributed by atoms with E-state index in [1.807, 2.05) is 29.2 Å². The van der Waals surface area contributed by atoms with Gasteiger partial charge in [0.15, 0.2) is 0 Å². The van der Waals surface area contributed by atoms with Gasteiger partial charge in [-0.15, -0.1) is 0 Å². The summed E-state index contributed by atoms with van der Waals surface area (Å²) in [5.74, 6) is -2.34. The van der Waals surface area contributed by atoms with Crippen LogP contribution in [0.4, 0.5) is 29.3 Å². The molecule has 3 N–H and O–H groups in total. The Balaban J connectivity index is 1.27. The molecule has 2 aromatic rings. The third-order valence-corrected chi connectivity index (χ3v) is 9.80. The first-order valence-electron chi connectivity index (χ1n) is 15.8. The van der Waals surface area contributed by atoms with Crippen molar-refractivity contribution < 1.29 is 37.1 Å². The van der Waals surface area contributed by atoms with E-state index >= 15 is 0 Å². The summed E-state index contributed by atoms with van der Waals surface area (Å²) < 4.78 is 46.0. The summed E-state index contributed by atoms with van der Waals surface area (Å²) in [5, 5.41) is 2.70. The van der Waals surface area contributed by atoms with Crippen molar-refractivity contribution in [3.8, 4) is 0 Å². The second-order valence-corrected chi connectivity index (χ2v) is 12.8. The highest BCUT2D eigenvalue weighted by atomic mass is 35.5. The van der Waals surface area contributed by atoms with E-state index in [0.29, 0.717) is 51.7 Å². The molecule has 14 heteroatoms. The highest BCUT2D eigenvalue weighted by Gasteiger charge is 2.37. The number of nitrogens with two attached hydrogens (primary N) is 1. The van der Waals surface area contributed by atoms with Gasteiger partial charge in [0.05, 0.1) is 35.2 Å². The topological polar surface area (TPSA) is 125 Å². The zero-order valence-electron chi connectivity index (χ0n) is 26.2. The smallest absolute Gasteiger partial charge is 0.418 e. The number of nitrogen functional groups attached to an aromatic ring is 1. The summed E-state index contributed by atoms with van der Waals surface area (Å²) in [6.07, 6.45) is -2.55. The maximum Gasteiger partial charge on any atom is 0.418 e. The minimum atomic E-state index is -4.76. The number of ether oxygens (including phenoxy) is 1. The zero-order chi connectivity index (χ0) is 33.9. The summed E-state index contributed by atoms with van der Waals surface area (Å²) in [7, 11) is 1.30. The van der Waals surface area contributed by atoms with Gasteiger partial charge < -0.3 is 30.5 Å². The van der Waals surface area contributed by atoms with Crippen LogP contribution in [0.3, 0.4) is 0 Å². The molecule has 0 saturated carbocycles. The van der Waals surface area contributed by atoms with Gasteiger partial charge in [0.25, 0.3) is 0 Å². The number of anilines is 2. The number of esters is 1. The number of nitrogens with one attached hydrogen (secondary N) is 1. The molecule has 10 nitrogen and oxygen atoms in total. The minimum absolute atomic E-state index is 0.0698. The van der Waals surface area contributed by atoms with E-state index in [1.54, 1.807) is 9.80 Å². The second kappa shape index (κ2) is 14.4. The van der Waals surface area contributed by atoms with E-state index < -0.39 is 23.3 Å². The van der Waals surface area contributed by atoms with E-state index in [-0.39, 0.29) is 72.3 Å². The van der Waals surface area contributed by atoms with Crippen molar-refractivity contribution in [2.75, 3.05) is 50.9 Å². The number of amides is 4. The molecule has 3 aliphatic heterocycles. The number of carbonyl (C=O) groups is 4. The fourth-order valence-electron chi connectivity index (χ4n) is 6.82. The quantitative estimate of drug-likeness (QED) is 0.315. The molecule has 2 aromatic carbocycles. The van der Waals surface area contributed by atoms with E-state index in [9.17, 15) is 32.3 Å². The number of carbonyl (C=O) groups excluding carboxylic acids is 4. The van der Waals surface area contributed by atoms with Crippen LogP contribution in [0.1, 0.15) is 48.8 Å². The highest BCUT2D eigenvalue weighted by molar-refractivity contribution is 6.33. The highest BCUT2D eigenvalue weighted by Crippen LogP contribution is 2.38. The molecule has 4 amide bonds. The first-order valence-corrected chi connectivity index (χ1v) is 16.2. The number of fused-ring (bicyclic) bond motifs is 1. The van der Waals surface area contributed by atoms with Crippen molar-refractivity contribution in [3.63, 3.8) is 0 Å². The number of urea groups is 1. The van der Waals surface area contributed by atoms with Gasteiger partial charge in [-0.2, -0.15) is 13.2 Å². The van der Waals surface area contributed by atoms with E-state index in [4.69, 9.17) is 22.1 Å². The van der Waals surface area contributed by atoms with Crippen molar-refractivity contribution in [2.24, 2.45) is 11.8 Å². The summed E-state index contributed by atoms with van der Waals surface area (Å²) in [6.45, 7) is 1.81. The van der Waals surface area contributed by atoms with Gasteiger partial charge in [-0.1, -0.05) is 29.8 Å². The Kier molecular flexibility index (Phi) is 10.5. The van der Waals surface area contributed by atoms with Crippen molar-refractivity contribution in [1.82, 2.24) is 14.7 Å². The number of rotatable bonds is 7. The Morgan fingerprint density at radius 3 is 2.34 bits per heavy atom. The lowest BCUT2D eigenvalue weighted by Gasteiger charge is -2.38. The van der Waals surface area contributed by atoms with E-state index in [0.717, 1.165) is 17.3 Å². The third-order valence-electron chi connectivity index (χ3n) is 9.49. The maximum atomic E-state index is 13.8. The van der Waals surface area contributed by atoms with Gasteiger partial charge in [0.1, 0.15) is 0 Å². The molecule has 0 radical (unpaired) electrons. The second-order valence-electron chi connectivity index (χ2n) is 12.4. The van der Waals surface area contributed by atoms with Gasteiger partial charge in [-0.3, -0.25) is 14.4 Å². The standard InChI is InChI=1S/C33H39ClF3N5O5/c1-47-31(45)22-6-11-41(12-7-22)30(44)23(16-20-17-25(33(35,36)37)29(38)26(34)18-20)19-28(43)40-13-9-24(10-14-40)42-15-8-21-4-2-3-5-27(21)39-32(42)46/h2-5,17-18,22-24H,6-16,19,38H2,1H3,(H,39,46). The molecular weight excluding hydrogens is 639 g/mol. The summed E-state index contributed by atoms with van der Waals surface area (Å²) in [4.78, 5) is 57.5. The largest absolute Gasteiger partial charge is 0.469 e. The molecule has 1 atom stereocenters. The first kappa shape index (κ1) is 34.3. The van der Waals surface area contributed by atoms with Crippen molar-refractivity contribution in [1.29, 1.82) is 0 Å². The average molecular weight is 678 g/mol. The van der Waals surface area contributed by atoms with E-state index in [1.165, 1.54) is 13.2 Å². The van der Waals surface area contributed by atoms with Gasteiger partial charge in [0.2, 0.25) is 11.8 Å². The number of hydrogen-bond donors (Lipinski definition) is 2. The zero-order valence-corrected chi connectivity index (χ0v) is 26.9. The lowest BCUT2D eigenvalue weighted by molar-refractivity contribution is -0.150. The number of piperidine rings is 2. The van der Waals surface area contributed by atoms with Crippen molar-refractivity contribution in [3.05, 3.63) is 58.1 Å². The summed E-state index contributed by atoms with van der Waals surface area (Å²) in [6, 6.07) is 9.60. The number of alkyl halides is 3. The number of hydrogen-bond acceptors (Lipinski definition) is 6. The lowest BCUT2D eigenvalue weighted by Crippen LogP contribution is -2.50. The van der Waals surface area contributed by atoms with Crippen LogP contribution in [0.5, 0.6) is 0 Å². The van der Waals surface area contributed by atoms with Crippen LogP contribution in [0.2, 0.25) is 5.02 Å². The molecule has 254 valence electrons. The number of benzene rings is 2. The Hall–Kier alpha value is -4.00. The van der Waals surface area contributed by atoms with Crippen LogP contribution in [-0.4, -0.2) is 84.4 Å². The molecule has 5 rings (SSSR count). The molecule has 2 saturated heterocycles. The molecule has 3 heterocycles. The van der Waals surface area contributed by atoms with Crippen LogP contribution in [-0.2, 0) is 38.1 Å². The molecule has 0 spiro atoms. The molecule has 3 aliphatic rings. The lowest BCUT2D eigenvalue weighted by atomic mass is 9.90. The SMILES string of the molecule is COC(=O)C1CCN(C(=O)C(CC(=O)N2CCC(N3CCc4ccccc4NC3=O)CC2)Cc2cc(Cl)c(N)c(C(F)(F)F)c2)CC1. The van der Waals surface area contributed by atoms with Gasteiger partial charge in [0, 0.05) is 50.9 Å². The van der Waals surface area contributed by atoms with Gasteiger partial charge >= 0.3 is 18.2 Å². The summed E-state index contributed by atoms with van der Waals surface area (Å²) >= 11 is 6.08. The maximum absolute atomic E-state index is 13.8. The first-order chi connectivity index (χ1) is 22.3. The molecule has 1 unspecified atom stereocenters. The van der Waals surface area contributed by atoms with Crippen LogP contribution in [0, 0.1) is 11.8 Å². The van der Waals surface area contributed by atoms with Crippen LogP contribution in [0.15, 0.2) is 36.4 Å². The molecule has 2 fully saturated rings. The summed E-state index contributed by atoms with van der Waals surface area (Å²) in [5.41, 5.74) is 5.92. The van der Waals surface area contributed by atoms with E-state index in [2.05, 4.69) is 5.32 Å². The number of para-hydroxylation sites is 1. The molecule has 47 heavy (non-hydrogen) atoms. The average Bonchev–Trinajstić information content (AvgIpc) is 3.22. The molecule has 0 aromatic heterocycles. The Bertz CT molecular complexity index is 1510. The van der Waals surface area contributed by atoms with Crippen molar-refractivity contribution >= 4 is 46.8 Å². The number of methoxy groups -OCH3 is 1. The fraction of sp³-hybridized carbons (Fsp3) is 0.515. The van der Waals surface area contributed by atoms with Gasteiger partial charge in [-0.25, -0.2) is 4.79 Å². The molecular formula is C33H39ClF3N5O5. The Labute approximate surface area is 276 Å². The number of nitrogens with zero attached hydrogens (tertiary/aromatic N) is 3. The molecule has 0 bridgehead atoms. The third kappa shape index (κ3) is 7.94. The number of likely N-dealkylation sites (tertiary alicyclic amines) is 2. The van der Waals surface area contributed by atoms with Gasteiger partial charge in [-0.05, 0) is 67.9 Å².